The fourth-order valence-corrected chi connectivity index (χ4v) is 2.61. The van der Waals surface area contributed by atoms with Crippen LogP contribution in [-0.4, -0.2) is 29.5 Å². The molecular weight excluding hydrogens is 306 g/mol. The van der Waals surface area contributed by atoms with E-state index in [1.807, 2.05) is 32.6 Å². The summed E-state index contributed by atoms with van der Waals surface area (Å²) in [4.78, 5) is 25.4. The smallest absolute Gasteiger partial charge is 0.270 e. The van der Waals surface area contributed by atoms with Gasteiger partial charge in [-0.3, -0.25) is 14.9 Å². The molecule has 24 heavy (non-hydrogen) atoms. The van der Waals surface area contributed by atoms with E-state index in [-0.39, 0.29) is 17.2 Å². The summed E-state index contributed by atoms with van der Waals surface area (Å²) in [6, 6.07) is 4.35. The number of terminal acetylenes is 1. The number of carbonyl (C=O) groups is 1. The van der Waals surface area contributed by atoms with Crippen molar-refractivity contribution in [3.8, 4) is 12.3 Å². The average molecular weight is 331 g/mol. The minimum atomic E-state index is -0.748. The second-order valence-electron chi connectivity index (χ2n) is 5.52. The number of hydrogen-bond donors (Lipinski definition) is 1. The van der Waals surface area contributed by atoms with Crippen LogP contribution < -0.4 is 10.2 Å². The van der Waals surface area contributed by atoms with Crippen LogP contribution in [0.1, 0.15) is 50.9 Å². The van der Waals surface area contributed by atoms with Gasteiger partial charge in [0, 0.05) is 30.9 Å². The summed E-state index contributed by atoms with van der Waals surface area (Å²) in [5.74, 6) is 2.26. The lowest BCUT2D eigenvalue weighted by molar-refractivity contribution is -0.384. The van der Waals surface area contributed by atoms with Gasteiger partial charge in [0.25, 0.3) is 11.6 Å². The number of non-ortho nitro benzene ring substituents is 1. The van der Waals surface area contributed by atoms with E-state index in [0.717, 1.165) is 0 Å². The molecule has 130 valence electrons. The van der Waals surface area contributed by atoms with E-state index in [9.17, 15) is 14.9 Å². The van der Waals surface area contributed by atoms with Crippen molar-refractivity contribution in [2.24, 2.45) is 0 Å². The predicted molar refractivity (Wildman–Crippen MR) is 96.3 cm³/mol. The molecule has 1 aromatic carbocycles. The van der Waals surface area contributed by atoms with Crippen LogP contribution in [0.3, 0.4) is 0 Å². The quantitative estimate of drug-likeness (QED) is 0.450. The minimum Gasteiger partial charge on any atom is -0.371 e. The highest BCUT2D eigenvalue weighted by atomic mass is 16.6. The van der Waals surface area contributed by atoms with Crippen LogP contribution in [0.15, 0.2) is 18.2 Å². The van der Waals surface area contributed by atoms with E-state index >= 15 is 0 Å². The molecule has 1 N–H and O–H groups in total. The second kappa shape index (κ2) is 8.34. The highest BCUT2D eigenvalue weighted by Crippen LogP contribution is 2.27. The largest absolute Gasteiger partial charge is 0.371 e. The van der Waals surface area contributed by atoms with Gasteiger partial charge in [-0.25, -0.2) is 0 Å². The average Bonchev–Trinajstić information content (AvgIpc) is 2.60. The Balaban J connectivity index is 3.37. The topological polar surface area (TPSA) is 75.5 Å². The highest BCUT2D eigenvalue weighted by molar-refractivity contribution is 6.01. The van der Waals surface area contributed by atoms with Gasteiger partial charge in [-0.05, 0) is 32.8 Å². The van der Waals surface area contributed by atoms with Gasteiger partial charge < -0.3 is 10.2 Å². The zero-order valence-corrected chi connectivity index (χ0v) is 14.8. The van der Waals surface area contributed by atoms with Gasteiger partial charge in [-0.2, -0.15) is 0 Å². The van der Waals surface area contributed by atoms with Crippen LogP contribution in [0.4, 0.5) is 11.4 Å². The molecule has 6 heteroatoms. The summed E-state index contributed by atoms with van der Waals surface area (Å²) in [7, 11) is 0. The first-order valence-electron chi connectivity index (χ1n) is 8.21. The molecule has 0 aliphatic heterocycles. The predicted octanol–water partition coefficient (Wildman–Crippen LogP) is 3.36. The summed E-state index contributed by atoms with van der Waals surface area (Å²) in [5.41, 5.74) is 0.0772. The molecule has 1 rings (SSSR count). The standard InChI is InChI=1S/C18H25N3O3/c1-6-18(7-2,8-3)19-17(22)15-13-14(21(23)24)11-12-16(15)20(9-4)10-5/h1,11-13H,7-10H2,2-5H3,(H,19,22). The molecule has 0 aliphatic rings. The van der Waals surface area contributed by atoms with E-state index < -0.39 is 10.5 Å². The molecular formula is C18H25N3O3. The lowest BCUT2D eigenvalue weighted by Crippen LogP contribution is -2.46. The maximum atomic E-state index is 12.8. The second-order valence-corrected chi connectivity index (χ2v) is 5.52. The Hall–Kier alpha value is -2.55. The Morgan fingerprint density at radius 1 is 1.29 bits per heavy atom. The van der Waals surface area contributed by atoms with Gasteiger partial charge in [-0.1, -0.05) is 19.8 Å². The Kier molecular flexibility index (Phi) is 6.78. The lowest BCUT2D eigenvalue weighted by atomic mass is 9.93. The SMILES string of the molecule is C#CC(CC)(CC)NC(=O)c1cc([N+](=O)[O-])ccc1N(CC)CC. The van der Waals surface area contributed by atoms with Crippen molar-refractivity contribution in [1.82, 2.24) is 5.32 Å². The van der Waals surface area contributed by atoms with Crippen LogP contribution >= 0.6 is 0 Å². The van der Waals surface area contributed by atoms with Gasteiger partial charge in [0.1, 0.15) is 5.54 Å². The maximum absolute atomic E-state index is 12.8. The number of carbonyl (C=O) groups excluding carboxylic acids is 1. The normalized spacial score (nSPS) is 10.8. The third kappa shape index (κ3) is 4.05. The third-order valence-corrected chi connectivity index (χ3v) is 4.38. The molecule has 0 bridgehead atoms. The molecule has 0 radical (unpaired) electrons. The van der Waals surface area contributed by atoms with E-state index in [1.54, 1.807) is 6.07 Å². The zero-order chi connectivity index (χ0) is 18.3. The molecule has 0 spiro atoms. The fourth-order valence-electron chi connectivity index (χ4n) is 2.61. The summed E-state index contributed by atoms with van der Waals surface area (Å²) >= 11 is 0. The highest BCUT2D eigenvalue weighted by Gasteiger charge is 2.28. The molecule has 0 atom stereocenters. The van der Waals surface area contributed by atoms with Crippen molar-refractivity contribution < 1.29 is 9.72 Å². The van der Waals surface area contributed by atoms with Gasteiger partial charge >= 0.3 is 0 Å². The Labute approximate surface area is 143 Å². The van der Waals surface area contributed by atoms with Crippen molar-refractivity contribution in [3.63, 3.8) is 0 Å². The number of anilines is 1. The first kappa shape index (κ1) is 19.5. The molecule has 6 nitrogen and oxygen atoms in total. The lowest BCUT2D eigenvalue weighted by Gasteiger charge is -2.29. The maximum Gasteiger partial charge on any atom is 0.270 e. The van der Waals surface area contributed by atoms with Crippen molar-refractivity contribution in [2.45, 2.75) is 46.1 Å². The Morgan fingerprint density at radius 3 is 2.29 bits per heavy atom. The molecule has 0 fully saturated rings. The van der Waals surface area contributed by atoms with Crippen LogP contribution in [0, 0.1) is 22.5 Å². The zero-order valence-electron chi connectivity index (χ0n) is 14.8. The number of nitro groups is 1. The molecule has 0 unspecified atom stereocenters. The molecule has 1 amide bonds. The first-order chi connectivity index (χ1) is 11.4. The molecule has 0 aliphatic carbocycles. The monoisotopic (exact) mass is 331 g/mol. The minimum absolute atomic E-state index is 0.115. The van der Waals surface area contributed by atoms with Gasteiger partial charge in [0.15, 0.2) is 0 Å². The molecule has 0 saturated heterocycles. The number of benzene rings is 1. The van der Waals surface area contributed by atoms with E-state index in [4.69, 9.17) is 6.42 Å². The number of nitrogens with one attached hydrogen (secondary N) is 1. The van der Waals surface area contributed by atoms with Crippen molar-refractivity contribution in [2.75, 3.05) is 18.0 Å². The number of hydrogen-bond acceptors (Lipinski definition) is 4. The number of rotatable bonds is 8. The van der Waals surface area contributed by atoms with Crippen molar-refractivity contribution in [1.29, 1.82) is 0 Å². The summed E-state index contributed by atoms with van der Waals surface area (Å²) < 4.78 is 0. The summed E-state index contributed by atoms with van der Waals surface area (Å²) in [5, 5.41) is 14.0. The van der Waals surface area contributed by atoms with Crippen LogP contribution in [0.5, 0.6) is 0 Å². The Morgan fingerprint density at radius 2 is 1.88 bits per heavy atom. The molecule has 0 aromatic heterocycles. The third-order valence-electron chi connectivity index (χ3n) is 4.38. The Bertz CT molecular complexity index is 641. The van der Waals surface area contributed by atoms with Crippen LogP contribution in [0.25, 0.3) is 0 Å². The fraction of sp³-hybridized carbons (Fsp3) is 0.500. The molecule has 0 saturated carbocycles. The molecule has 0 heterocycles. The van der Waals surface area contributed by atoms with E-state index in [0.29, 0.717) is 31.6 Å². The summed E-state index contributed by atoms with van der Waals surface area (Å²) in [6.45, 7) is 9.13. The summed E-state index contributed by atoms with van der Waals surface area (Å²) in [6.07, 6.45) is 6.77. The van der Waals surface area contributed by atoms with Crippen LogP contribution in [0.2, 0.25) is 0 Å². The van der Waals surface area contributed by atoms with Gasteiger partial charge in [-0.15, -0.1) is 6.42 Å². The van der Waals surface area contributed by atoms with E-state index in [1.165, 1.54) is 12.1 Å². The molecule has 1 aromatic rings. The van der Waals surface area contributed by atoms with Crippen molar-refractivity contribution >= 4 is 17.3 Å². The van der Waals surface area contributed by atoms with Crippen LogP contribution in [-0.2, 0) is 0 Å². The van der Waals surface area contributed by atoms with E-state index in [2.05, 4.69) is 11.2 Å². The number of nitro benzene ring substituents is 1. The van der Waals surface area contributed by atoms with Gasteiger partial charge in [0.05, 0.1) is 10.5 Å². The van der Waals surface area contributed by atoms with Crippen molar-refractivity contribution in [3.05, 3.63) is 33.9 Å². The first-order valence-corrected chi connectivity index (χ1v) is 8.21. The van der Waals surface area contributed by atoms with Gasteiger partial charge in [0.2, 0.25) is 0 Å². The number of nitrogens with zero attached hydrogens (tertiary/aromatic N) is 2. The number of amides is 1.